The zero-order chi connectivity index (χ0) is 15.9. The summed E-state index contributed by atoms with van der Waals surface area (Å²) in [6, 6.07) is 3.69. The topological polar surface area (TPSA) is 73.3 Å². The molecule has 0 spiro atoms. The molecule has 2 aromatic rings. The number of pyridine rings is 1. The van der Waals surface area contributed by atoms with Crippen molar-refractivity contribution >= 4 is 17.2 Å². The van der Waals surface area contributed by atoms with Gasteiger partial charge >= 0.3 is 0 Å². The summed E-state index contributed by atoms with van der Waals surface area (Å²) in [5.74, 6) is -0.0211. The van der Waals surface area contributed by atoms with Crippen LogP contribution in [0, 0.1) is 0 Å². The normalized spacial score (nSPS) is 21.0. The molecule has 1 aliphatic rings. The highest BCUT2D eigenvalue weighted by molar-refractivity contribution is 7.07. The van der Waals surface area contributed by atoms with Crippen LogP contribution in [-0.2, 0) is 27.3 Å². The molecular formula is C16H19N3O3S. The molecule has 1 aliphatic heterocycles. The number of thiazole rings is 1. The summed E-state index contributed by atoms with van der Waals surface area (Å²) in [5.41, 5.74) is 3.58. The van der Waals surface area contributed by atoms with Gasteiger partial charge in [-0.3, -0.25) is 9.78 Å². The van der Waals surface area contributed by atoms with Crippen molar-refractivity contribution in [1.82, 2.24) is 15.3 Å². The van der Waals surface area contributed by atoms with Crippen LogP contribution in [0.2, 0.25) is 0 Å². The van der Waals surface area contributed by atoms with Gasteiger partial charge in [-0.2, -0.15) is 0 Å². The van der Waals surface area contributed by atoms with Crippen molar-refractivity contribution in [3.8, 4) is 0 Å². The molecular weight excluding hydrogens is 314 g/mol. The second-order valence-corrected chi connectivity index (χ2v) is 6.12. The molecule has 1 saturated heterocycles. The summed E-state index contributed by atoms with van der Waals surface area (Å²) in [6.07, 6.45) is 4.33. The Kier molecular flexibility index (Phi) is 5.68. The van der Waals surface area contributed by atoms with Gasteiger partial charge in [-0.15, -0.1) is 11.3 Å². The summed E-state index contributed by atoms with van der Waals surface area (Å²) in [7, 11) is 0. The molecule has 1 fully saturated rings. The molecule has 1 N–H and O–H groups in total. The maximum Gasteiger partial charge on any atom is 0.224 e. The molecule has 0 aromatic carbocycles. The van der Waals surface area contributed by atoms with Gasteiger partial charge in [0.25, 0.3) is 0 Å². The molecule has 0 unspecified atom stereocenters. The van der Waals surface area contributed by atoms with Gasteiger partial charge in [0.2, 0.25) is 5.91 Å². The predicted molar refractivity (Wildman–Crippen MR) is 86.0 cm³/mol. The minimum absolute atomic E-state index is 0.0211. The van der Waals surface area contributed by atoms with Gasteiger partial charge in [0.15, 0.2) is 0 Å². The van der Waals surface area contributed by atoms with E-state index < -0.39 is 0 Å². The van der Waals surface area contributed by atoms with E-state index in [-0.39, 0.29) is 18.1 Å². The molecule has 3 heterocycles. The van der Waals surface area contributed by atoms with E-state index in [4.69, 9.17) is 9.47 Å². The first-order valence-electron chi connectivity index (χ1n) is 7.56. The van der Waals surface area contributed by atoms with Crippen LogP contribution in [0.1, 0.15) is 17.7 Å². The Labute approximate surface area is 138 Å². The molecule has 2 aromatic heterocycles. The predicted octanol–water partition coefficient (Wildman–Crippen LogP) is 1.57. The fourth-order valence-corrected chi connectivity index (χ4v) is 3.03. The maximum absolute atomic E-state index is 12.2. The lowest BCUT2D eigenvalue weighted by molar-refractivity contribution is -0.126. The highest BCUT2D eigenvalue weighted by Gasteiger charge is 2.28. The zero-order valence-electron chi connectivity index (χ0n) is 12.7. The fraction of sp³-hybridized carbons (Fsp3) is 0.438. The monoisotopic (exact) mass is 333 g/mol. The van der Waals surface area contributed by atoms with Crippen molar-refractivity contribution in [1.29, 1.82) is 0 Å². The molecule has 3 rings (SSSR count). The van der Waals surface area contributed by atoms with Crippen LogP contribution in [0.4, 0.5) is 0 Å². The molecule has 122 valence electrons. The fourth-order valence-electron chi connectivity index (χ4n) is 2.49. The highest BCUT2D eigenvalue weighted by atomic mass is 32.1. The summed E-state index contributed by atoms with van der Waals surface area (Å²) in [4.78, 5) is 20.4. The molecule has 0 bridgehead atoms. The lowest BCUT2D eigenvalue weighted by Gasteiger charge is -2.32. The van der Waals surface area contributed by atoms with Crippen LogP contribution in [0.15, 0.2) is 35.4 Å². The standard InChI is InChI=1S/C16H19N3O3S/c20-16(6-12-2-1-4-17-7-12)19-14-3-5-21-9-15(14)22-8-13-10-23-11-18-13/h1-2,4,7,10-11,14-15H,3,5-6,8-9H2,(H,19,20)/t14-,15-/m1/s1. The van der Waals surface area contributed by atoms with Gasteiger partial charge in [0, 0.05) is 24.4 Å². The van der Waals surface area contributed by atoms with Gasteiger partial charge in [-0.05, 0) is 18.1 Å². The van der Waals surface area contributed by atoms with Crippen molar-refractivity contribution in [3.63, 3.8) is 0 Å². The van der Waals surface area contributed by atoms with E-state index in [9.17, 15) is 4.79 Å². The minimum atomic E-state index is -0.150. The zero-order valence-corrected chi connectivity index (χ0v) is 13.5. The van der Waals surface area contributed by atoms with Crippen LogP contribution in [0.5, 0.6) is 0 Å². The van der Waals surface area contributed by atoms with Gasteiger partial charge in [0.05, 0.1) is 36.9 Å². The highest BCUT2D eigenvalue weighted by Crippen LogP contribution is 2.14. The van der Waals surface area contributed by atoms with Crippen molar-refractivity contribution in [2.45, 2.75) is 31.6 Å². The number of amides is 1. The van der Waals surface area contributed by atoms with Crippen LogP contribution in [-0.4, -0.2) is 41.2 Å². The van der Waals surface area contributed by atoms with Crippen LogP contribution < -0.4 is 5.32 Å². The number of carbonyl (C=O) groups is 1. The lowest BCUT2D eigenvalue weighted by atomic mass is 10.1. The van der Waals surface area contributed by atoms with Crippen LogP contribution in [0.3, 0.4) is 0 Å². The molecule has 0 aliphatic carbocycles. The van der Waals surface area contributed by atoms with E-state index >= 15 is 0 Å². The third-order valence-corrected chi connectivity index (χ3v) is 4.30. The second kappa shape index (κ2) is 8.14. The number of aromatic nitrogens is 2. The Morgan fingerprint density at radius 3 is 3.26 bits per heavy atom. The average Bonchev–Trinajstić information content (AvgIpc) is 3.08. The number of ether oxygens (including phenoxy) is 2. The van der Waals surface area contributed by atoms with E-state index in [1.807, 2.05) is 17.5 Å². The summed E-state index contributed by atoms with van der Waals surface area (Å²) in [5, 5.41) is 5.02. The third-order valence-electron chi connectivity index (χ3n) is 3.67. The molecule has 7 heteroatoms. The van der Waals surface area contributed by atoms with Crippen LogP contribution in [0.25, 0.3) is 0 Å². The van der Waals surface area contributed by atoms with Gasteiger partial charge in [-0.25, -0.2) is 4.98 Å². The number of carbonyl (C=O) groups excluding carboxylic acids is 1. The largest absolute Gasteiger partial charge is 0.379 e. The van der Waals surface area contributed by atoms with E-state index in [1.165, 1.54) is 0 Å². The molecule has 2 atom stereocenters. The molecule has 1 amide bonds. The molecule has 0 saturated carbocycles. The minimum Gasteiger partial charge on any atom is -0.379 e. The first-order chi connectivity index (χ1) is 11.3. The maximum atomic E-state index is 12.2. The lowest BCUT2D eigenvalue weighted by Crippen LogP contribution is -2.50. The van der Waals surface area contributed by atoms with E-state index in [0.717, 1.165) is 17.7 Å². The molecule has 6 nitrogen and oxygen atoms in total. The van der Waals surface area contributed by atoms with Gasteiger partial charge < -0.3 is 14.8 Å². The average molecular weight is 333 g/mol. The number of rotatable bonds is 6. The van der Waals surface area contributed by atoms with Crippen LogP contribution >= 0.6 is 11.3 Å². The number of hydrogen-bond acceptors (Lipinski definition) is 6. The number of hydrogen-bond donors (Lipinski definition) is 1. The number of nitrogens with zero attached hydrogens (tertiary/aromatic N) is 2. The first-order valence-corrected chi connectivity index (χ1v) is 8.50. The Morgan fingerprint density at radius 2 is 2.48 bits per heavy atom. The van der Waals surface area contributed by atoms with E-state index in [0.29, 0.717) is 26.2 Å². The second-order valence-electron chi connectivity index (χ2n) is 5.40. The molecule has 23 heavy (non-hydrogen) atoms. The Balaban J connectivity index is 1.52. The summed E-state index contributed by atoms with van der Waals surface area (Å²) in [6.45, 7) is 1.56. The SMILES string of the molecule is O=C(Cc1cccnc1)N[C@@H]1CCOC[C@H]1OCc1cscn1. The Morgan fingerprint density at radius 1 is 1.52 bits per heavy atom. The van der Waals surface area contributed by atoms with Crippen molar-refractivity contribution in [3.05, 3.63) is 46.7 Å². The van der Waals surface area contributed by atoms with Crippen molar-refractivity contribution in [2.75, 3.05) is 13.2 Å². The number of nitrogens with one attached hydrogen (secondary N) is 1. The van der Waals surface area contributed by atoms with E-state index in [1.54, 1.807) is 29.2 Å². The third kappa shape index (κ3) is 4.82. The quantitative estimate of drug-likeness (QED) is 0.869. The van der Waals surface area contributed by atoms with Gasteiger partial charge in [0.1, 0.15) is 6.10 Å². The summed E-state index contributed by atoms with van der Waals surface area (Å²) < 4.78 is 11.4. The summed E-state index contributed by atoms with van der Waals surface area (Å²) >= 11 is 1.54. The van der Waals surface area contributed by atoms with Gasteiger partial charge in [-0.1, -0.05) is 6.07 Å². The Hall–Kier alpha value is -1.83. The first kappa shape index (κ1) is 16.0. The Bertz CT molecular complexity index is 606. The smallest absolute Gasteiger partial charge is 0.224 e. The van der Waals surface area contributed by atoms with Crippen molar-refractivity contribution in [2.24, 2.45) is 0 Å². The molecule has 0 radical (unpaired) electrons. The van der Waals surface area contributed by atoms with E-state index in [2.05, 4.69) is 15.3 Å². The van der Waals surface area contributed by atoms with Crippen molar-refractivity contribution < 1.29 is 14.3 Å².